The van der Waals surface area contributed by atoms with Gasteiger partial charge in [-0.15, -0.1) is 11.3 Å². The molecule has 126 valence electrons. The third-order valence-corrected chi connectivity index (χ3v) is 5.24. The first-order valence-corrected chi connectivity index (χ1v) is 8.96. The van der Waals surface area contributed by atoms with E-state index in [0.717, 1.165) is 33.1 Å². The maximum atomic E-state index is 13.2. The first-order valence-electron chi connectivity index (χ1n) is 8.15. The summed E-state index contributed by atoms with van der Waals surface area (Å²) in [5, 5.41) is 0.651. The maximum Gasteiger partial charge on any atom is 0.262 e. The van der Waals surface area contributed by atoms with Crippen LogP contribution in [0.2, 0.25) is 0 Å². The average Bonchev–Trinajstić information content (AvgIpc) is 2.83. The Kier molecular flexibility index (Phi) is 4.54. The van der Waals surface area contributed by atoms with Crippen molar-refractivity contribution < 1.29 is 4.39 Å². The molecule has 3 aromatic rings. The number of aromatic nitrogens is 2. The van der Waals surface area contributed by atoms with Gasteiger partial charge in [-0.3, -0.25) is 9.36 Å². The maximum absolute atomic E-state index is 13.2. The van der Waals surface area contributed by atoms with Crippen LogP contribution in [0.4, 0.5) is 4.39 Å². The van der Waals surface area contributed by atoms with Crippen molar-refractivity contribution in [3.8, 4) is 11.1 Å². The Labute approximate surface area is 144 Å². The van der Waals surface area contributed by atoms with Crippen LogP contribution in [-0.2, 0) is 6.54 Å². The molecule has 1 aromatic carbocycles. The summed E-state index contributed by atoms with van der Waals surface area (Å²) in [7, 11) is 0. The van der Waals surface area contributed by atoms with Crippen molar-refractivity contribution in [1.82, 2.24) is 9.55 Å². The van der Waals surface area contributed by atoms with Crippen LogP contribution < -0.4 is 5.56 Å². The number of hydrogen-bond donors (Lipinski definition) is 0. The van der Waals surface area contributed by atoms with Gasteiger partial charge in [-0.25, -0.2) is 9.37 Å². The molecule has 0 atom stereocenters. The first kappa shape index (κ1) is 16.8. The topological polar surface area (TPSA) is 34.9 Å². The molecule has 5 heteroatoms. The van der Waals surface area contributed by atoms with E-state index >= 15 is 0 Å². The van der Waals surface area contributed by atoms with Crippen molar-refractivity contribution in [2.45, 2.75) is 40.7 Å². The zero-order valence-corrected chi connectivity index (χ0v) is 15.2. The molecule has 0 unspecified atom stereocenters. The van der Waals surface area contributed by atoms with Gasteiger partial charge in [0.15, 0.2) is 0 Å². The molecule has 0 aliphatic heterocycles. The van der Waals surface area contributed by atoms with E-state index < -0.39 is 0 Å². The molecule has 0 radical (unpaired) electrons. The third kappa shape index (κ3) is 3.00. The smallest absolute Gasteiger partial charge is 0.262 e. The first-order chi connectivity index (χ1) is 11.4. The van der Waals surface area contributed by atoms with Gasteiger partial charge in [0, 0.05) is 17.0 Å². The van der Waals surface area contributed by atoms with Crippen LogP contribution in [0.15, 0.2) is 29.1 Å². The van der Waals surface area contributed by atoms with Crippen molar-refractivity contribution in [2.24, 2.45) is 5.92 Å². The molecule has 0 amide bonds. The molecular formula is C19H21FN2OS. The quantitative estimate of drug-likeness (QED) is 0.673. The molecule has 0 N–H and O–H groups in total. The molecule has 3 nitrogen and oxygen atoms in total. The summed E-state index contributed by atoms with van der Waals surface area (Å²) in [6.07, 6.45) is 0.933. The Morgan fingerprint density at radius 3 is 2.50 bits per heavy atom. The zero-order valence-electron chi connectivity index (χ0n) is 14.4. The van der Waals surface area contributed by atoms with Gasteiger partial charge in [0.05, 0.1) is 5.39 Å². The summed E-state index contributed by atoms with van der Waals surface area (Å²) in [6.45, 7) is 8.82. The fourth-order valence-electron chi connectivity index (χ4n) is 2.91. The van der Waals surface area contributed by atoms with E-state index in [4.69, 9.17) is 0 Å². The predicted octanol–water partition coefficient (Wildman–Crippen LogP) is 4.93. The zero-order chi connectivity index (χ0) is 17.4. The van der Waals surface area contributed by atoms with Crippen LogP contribution in [-0.4, -0.2) is 9.55 Å². The Bertz CT molecular complexity index is 939. The number of hydrogen-bond acceptors (Lipinski definition) is 3. The highest BCUT2D eigenvalue weighted by molar-refractivity contribution is 7.19. The normalized spacial score (nSPS) is 11.6. The second-order valence-corrected chi connectivity index (χ2v) is 7.72. The van der Waals surface area contributed by atoms with Crippen LogP contribution in [0.1, 0.15) is 31.0 Å². The monoisotopic (exact) mass is 344 g/mol. The van der Waals surface area contributed by atoms with Crippen molar-refractivity contribution in [3.05, 3.63) is 51.1 Å². The summed E-state index contributed by atoms with van der Waals surface area (Å²) in [5.41, 5.74) is 1.74. The van der Waals surface area contributed by atoms with Crippen LogP contribution in [0, 0.1) is 25.6 Å². The van der Waals surface area contributed by atoms with Gasteiger partial charge < -0.3 is 0 Å². The number of nitrogens with zero attached hydrogens (tertiary/aromatic N) is 2. The van der Waals surface area contributed by atoms with Gasteiger partial charge in [-0.05, 0) is 43.9 Å². The Morgan fingerprint density at radius 1 is 1.21 bits per heavy atom. The lowest BCUT2D eigenvalue weighted by atomic mass is 10.0. The second kappa shape index (κ2) is 6.48. The number of thiophene rings is 1. The van der Waals surface area contributed by atoms with Crippen molar-refractivity contribution in [3.63, 3.8) is 0 Å². The van der Waals surface area contributed by atoms with Crippen molar-refractivity contribution in [2.75, 3.05) is 0 Å². The summed E-state index contributed by atoms with van der Waals surface area (Å²) in [6, 6.07) is 6.30. The summed E-state index contributed by atoms with van der Waals surface area (Å²) in [4.78, 5) is 19.5. The largest absolute Gasteiger partial charge is 0.296 e. The lowest BCUT2D eigenvalue weighted by Crippen LogP contribution is -2.24. The molecule has 0 saturated carbocycles. The van der Waals surface area contributed by atoms with E-state index in [1.807, 2.05) is 13.8 Å². The van der Waals surface area contributed by atoms with Gasteiger partial charge in [0.2, 0.25) is 0 Å². The van der Waals surface area contributed by atoms with Crippen LogP contribution in [0.3, 0.4) is 0 Å². The van der Waals surface area contributed by atoms with E-state index in [0.29, 0.717) is 17.8 Å². The lowest BCUT2D eigenvalue weighted by molar-refractivity contribution is 0.499. The number of benzene rings is 1. The summed E-state index contributed by atoms with van der Waals surface area (Å²) < 4.78 is 15.0. The van der Waals surface area contributed by atoms with Gasteiger partial charge >= 0.3 is 0 Å². The highest BCUT2D eigenvalue weighted by Crippen LogP contribution is 2.35. The fourth-order valence-corrected chi connectivity index (χ4v) is 3.99. The SMILES string of the molecule is Cc1sc2nc(C)n(CCC(C)C)c(=O)c2c1-c1ccc(F)cc1. The molecule has 2 aromatic heterocycles. The number of aryl methyl sites for hydroxylation is 2. The number of halogens is 1. The molecule has 0 fully saturated rings. The summed E-state index contributed by atoms with van der Waals surface area (Å²) in [5.74, 6) is 0.993. The standard InChI is InChI=1S/C19H21FN2OS/c1-11(2)9-10-22-13(4)21-18-17(19(22)23)16(12(3)24-18)14-5-7-15(20)8-6-14/h5-8,11H,9-10H2,1-4H3. The highest BCUT2D eigenvalue weighted by Gasteiger charge is 2.18. The number of rotatable bonds is 4. The van der Waals surface area contributed by atoms with E-state index in [9.17, 15) is 9.18 Å². The molecule has 0 spiro atoms. The van der Waals surface area contributed by atoms with E-state index in [-0.39, 0.29) is 11.4 Å². The highest BCUT2D eigenvalue weighted by atomic mass is 32.1. The fraction of sp³-hybridized carbons (Fsp3) is 0.368. The van der Waals surface area contributed by atoms with Crippen molar-refractivity contribution >= 4 is 21.6 Å². The second-order valence-electron chi connectivity index (χ2n) is 6.52. The van der Waals surface area contributed by atoms with Crippen LogP contribution in [0.5, 0.6) is 0 Å². The minimum atomic E-state index is -0.278. The minimum Gasteiger partial charge on any atom is -0.296 e. The van der Waals surface area contributed by atoms with Gasteiger partial charge in [-0.1, -0.05) is 26.0 Å². The van der Waals surface area contributed by atoms with Gasteiger partial charge in [-0.2, -0.15) is 0 Å². The van der Waals surface area contributed by atoms with E-state index in [1.165, 1.54) is 23.5 Å². The molecular weight excluding hydrogens is 323 g/mol. The Morgan fingerprint density at radius 2 is 1.88 bits per heavy atom. The minimum absolute atomic E-state index is 0.00169. The lowest BCUT2D eigenvalue weighted by Gasteiger charge is -2.11. The summed E-state index contributed by atoms with van der Waals surface area (Å²) >= 11 is 1.52. The van der Waals surface area contributed by atoms with E-state index in [2.05, 4.69) is 18.8 Å². The third-order valence-electron chi connectivity index (χ3n) is 4.24. The molecule has 2 heterocycles. The van der Waals surface area contributed by atoms with Gasteiger partial charge in [0.25, 0.3) is 5.56 Å². The predicted molar refractivity (Wildman–Crippen MR) is 98.2 cm³/mol. The van der Waals surface area contributed by atoms with Crippen molar-refractivity contribution in [1.29, 1.82) is 0 Å². The molecule has 3 rings (SSSR count). The van der Waals surface area contributed by atoms with Crippen LogP contribution in [0.25, 0.3) is 21.3 Å². The Hall–Kier alpha value is -2.01. The molecule has 0 aliphatic carbocycles. The molecule has 0 aliphatic rings. The Balaban J connectivity index is 2.23. The average molecular weight is 344 g/mol. The number of fused-ring (bicyclic) bond motifs is 1. The van der Waals surface area contributed by atoms with Crippen LogP contribution >= 0.6 is 11.3 Å². The van der Waals surface area contributed by atoms with Gasteiger partial charge in [0.1, 0.15) is 16.5 Å². The molecule has 24 heavy (non-hydrogen) atoms. The van der Waals surface area contributed by atoms with E-state index in [1.54, 1.807) is 16.7 Å². The molecule has 0 saturated heterocycles. The molecule has 0 bridgehead atoms.